The van der Waals surface area contributed by atoms with Crippen molar-refractivity contribution in [2.45, 2.75) is 24.6 Å². The predicted octanol–water partition coefficient (Wildman–Crippen LogP) is 4.44. The van der Waals surface area contributed by atoms with Crippen molar-refractivity contribution in [3.8, 4) is 5.88 Å². The molecule has 194 valence electrons. The summed E-state index contributed by atoms with van der Waals surface area (Å²) in [5.74, 6) is -5.93. The molecule has 1 aliphatic heterocycles. The molecule has 1 aliphatic rings. The number of benzene rings is 1. The van der Waals surface area contributed by atoms with Crippen LogP contribution in [0.1, 0.15) is 17.0 Å². The highest BCUT2D eigenvalue weighted by molar-refractivity contribution is 5.92. The average Bonchev–Trinajstić information content (AvgIpc) is 3.29. The summed E-state index contributed by atoms with van der Waals surface area (Å²) in [6.07, 6.45) is -3.75. The minimum Gasteiger partial charge on any atom is -0.475 e. The molecular formula is C24H19F5N4O4. The number of alkyl halides is 5. The fourth-order valence-electron chi connectivity index (χ4n) is 3.68. The minimum absolute atomic E-state index is 0.0708. The number of pyridine rings is 2. The molecule has 1 N–H and O–H groups in total. The molecule has 0 unspecified atom stereocenters. The average molecular weight is 522 g/mol. The highest BCUT2D eigenvalue weighted by Crippen LogP contribution is 2.32. The lowest BCUT2D eigenvalue weighted by atomic mass is 10.0. The number of nitrogens with zero attached hydrogens (tertiary/aromatic N) is 4. The molecule has 1 saturated heterocycles. The number of aliphatic carboxylic acids is 1. The van der Waals surface area contributed by atoms with Gasteiger partial charge in [0, 0.05) is 30.6 Å². The van der Waals surface area contributed by atoms with Crippen LogP contribution in [0.4, 0.5) is 22.0 Å². The number of amides is 1. The third-order valence-corrected chi connectivity index (χ3v) is 5.57. The standard InChI is InChI=1S/C22H18F2N4O2.C2HF3O2/c23-22(24)10-12-27(21(29)20-25-13-16-6-3-4-11-28(16)20)14-18(22)30-19-9-8-15-5-1-2-7-17(15)26-19;3-2(4,5)1(6)7/h1-9,11,13,18H,10,12,14H2;(H,6,7)/t18-;/m0./s1. The fourth-order valence-corrected chi connectivity index (χ4v) is 3.68. The number of piperidine rings is 1. The van der Waals surface area contributed by atoms with E-state index in [4.69, 9.17) is 14.6 Å². The zero-order valence-electron chi connectivity index (χ0n) is 18.9. The molecule has 3 aromatic heterocycles. The number of aromatic nitrogens is 3. The molecule has 0 aliphatic carbocycles. The fraction of sp³-hybridized carbons (Fsp3) is 0.250. The molecule has 37 heavy (non-hydrogen) atoms. The van der Waals surface area contributed by atoms with Crippen LogP contribution in [0.5, 0.6) is 5.88 Å². The summed E-state index contributed by atoms with van der Waals surface area (Å²) in [5.41, 5.74) is 1.42. The van der Waals surface area contributed by atoms with Gasteiger partial charge in [-0.15, -0.1) is 0 Å². The van der Waals surface area contributed by atoms with Crippen molar-refractivity contribution in [2.24, 2.45) is 0 Å². The van der Waals surface area contributed by atoms with Crippen molar-refractivity contribution in [1.82, 2.24) is 19.3 Å². The summed E-state index contributed by atoms with van der Waals surface area (Å²) in [6, 6.07) is 16.2. The number of para-hydroxylation sites is 1. The molecule has 1 aromatic carbocycles. The molecule has 13 heteroatoms. The number of ether oxygens (including phenoxy) is 1. The Hall–Kier alpha value is -4.29. The molecule has 0 radical (unpaired) electrons. The van der Waals surface area contributed by atoms with Crippen molar-refractivity contribution in [2.75, 3.05) is 13.1 Å². The van der Waals surface area contributed by atoms with E-state index >= 15 is 0 Å². The smallest absolute Gasteiger partial charge is 0.475 e. The number of carboxylic acids is 1. The van der Waals surface area contributed by atoms with Crippen LogP contribution in [0.25, 0.3) is 16.4 Å². The van der Waals surface area contributed by atoms with Gasteiger partial charge in [-0.25, -0.2) is 23.5 Å². The zero-order chi connectivity index (χ0) is 26.8. The molecule has 1 amide bonds. The number of likely N-dealkylation sites (tertiary alicyclic amines) is 1. The van der Waals surface area contributed by atoms with Crippen molar-refractivity contribution in [1.29, 1.82) is 0 Å². The summed E-state index contributed by atoms with van der Waals surface area (Å²) >= 11 is 0. The maximum absolute atomic E-state index is 14.6. The van der Waals surface area contributed by atoms with E-state index in [0.29, 0.717) is 5.52 Å². The first-order valence-corrected chi connectivity index (χ1v) is 10.9. The molecule has 0 bridgehead atoms. The molecule has 4 heterocycles. The number of hydrogen-bond acceptors (Lipinski definition) is 5. The normalized spacial score (nSPS) is 17.2. The Morgan fingerprint density at radius 3 is 2.49 bits per heavy atom. The lowest BCUT2D eigenvalue weighted by Crippen LogP contribution is -2.55. The number of fused-ring (bicyclic) bond motifs is 2. The van der Waals surface area contributed by atoms with Crippen molar-refractivity contribution in [3.63, 3.8) is 0 Å². The van der Waals surface area contributed by atoms with E-state index in [1.54, 1.807) is 41.1 Å². The third kappa shape index (κ3) is 5.76. The van der Waals surface area contributed by atoms with E-state index in [1.807, 2.05) is 30.3 Å². The largest absolute Gasteiger partial charge is 0.490 e. The van der Waals surface area contributed by atoms with Crippen molar-refractivity contribution < 1.29 is 41.4 Å². The second-order valence-electron chi connectivity index (χ2n) is 8.09. The van der Waals surface area contributed by atoms with Crippen LogP contribution in [0.3, 0.4) is 0 Å². The molecule has 1 atom stereocenters. The lowest BCUT2D eigenvalue weighted by Gasteiger charge is -2.37. The van der Waals surface area contributed by atoms with Crippen molar-refractivity contribution in [3.05, 3.63) is 72.8 Å². The number of carbonyl (C=O) groups is 2. The van der Waals surface area contributed by atoms with Gasteiger partial charge in [-0.3, -0.25) is 9.20 Å². The second-order valence-corrected chi connectivity index (χ2v) is 8.09. The van der Waals surface area contributed by atoms with Crippen LogP contribution < -0.4 is 4.74 Å². The van der Waals surface area contributed by atoms with Crippen LogP contribution in [0.15, 0.2) is 67.0 Å². The highest BCUT2D eigenvalue weighted by atomic mass is 19.4. The van der Waals surface area contributed by atoms with Gasteiger partial charge in [0.1, 0.15) is 0 Å². The van der Waals surface area contributed by atoms with Crippen LogP contribution in [-0.2, 0) is 4.79 Å². The Labute approximate surface area is 205 Å². The maximum Gasteiger partial charge on any atom is 0.490 e. The van der Waals surface area contributed by atoms with Gasteiger partial charge in [0.25, 0.3) is 11.8 Å². The van der Waals surface area contributed by atoms with E-state index in [1.165, 1.54) is 4.90 Å². The summed E-state index contributed by atoms with van der Waals surface area (Å²) in [6.45, 7) is -0.319. The zero-order valence-corrected chi connectivity index (χ0v) is 18.9. The first kappa shape index (κ1) is 25.8. The van der Waals surface area contributed by atoms with Gasteiger partial charge in [0.05, 0.1) is 23.8 Å². The maximum atomic E-state index is 14.6. The predicted molar refractivity (Wildman–Crippen MR) is 121 cm³/mol. The quantitative estimate of drug-likeness (QED) is 0.400. The molecule has 1 fully saturated rings. The van der Waals surface area contributed by atoms with E-state index in [9.17, 15) is 26.7 Å². The number of carbonyl (C=O) groups excluding carboxylic acids is 1. The molecule has 0 spiro atoms. The Bertz CT molecular complexity index is 1440. The molecule has 5 rings (SSSR count). The monoisotopic (exact) mass is 522 g/mol. The van der Waals surface area contributed by atoms with E-state index in [-0.39, 0.29) is 24.8 Å². The lowest BCUT2D eigenvalue weighted by molar-refractivity contribution is -0.192. The Balaban J connectivity index is 0.000000405. The molecular weight excluding hydrogens is 503 g/mol. The second kappa shape index (κ2) is 9.99. The van der Waals surface area contributed by atoms with E-state index in [2.05, 4.69) is 9.97 Å². The number of carboxylic acid groups (broad SMARTS) is 1. The van der Waals surface area contributed by atoms with Gasteiger partial charge in [0.15, 0.2) is 6.10 Å². The Kier molecular flexibility index (Phi) is 6.96. The van der Waals surface area contributed by atoms with Crippen LogP contribution >= 0.6 is 0 Å². The van der Waals surface area contributed by atoms with Gasteiger partial charge < -0.3 is 14.7 Å². The van der Waals surface area contributed by atoms with Crippen LogP contribution in [0.2, 0.25) is 0 Å². The highest BCUT2D eigenvalue weighted by Gasteiger charge is 2.47. The van der Waals surface area contributed by atoms with E-state index < -0.39 is 36.5 Å². The van der Waals surface area contributed by atoms with Gasteiger partial charge in [-0.05, 0) is 24.3 Å². The summed E-state index contributed by atoms with van der Waals surface area (Å²) in [5, 5.41) is 8.02. The SMILES string of the molecule is O=C(O)C(F)(F)F.O=C(c1ncc2ccccn12)N1CCC(F)(F)[C@@H](Oc2ccc3ccccc3n2)C1. The number of imidazole rings is 1. The first-order chi connectivity index (χ1) is 17.5. The number of halogens is 5. The number of hydrogen-bond donors (Lipinski definition) is 1. The topological polar surface area (TPSA) is 97.0 Å². The minimum atomic E-state index is -5.08. The van der Waals surface area contributed by atoms with Crippen LogP contribution in [0, 0.1) is 0 Å². The van der Waals surface area contributed by atoms with Gasteiger partial charge >= 0.3 is 12.1 Å². The Morgan fingerprint density at radius 1 is 1.05 bits per heavy atom. The van der Waals surface area contributed by atoms with Gasteiger partial charge in [0.2, 0.25) is 11.7 Å². The summed E-state index contributed by atoms with van der Waals surface area (Å²) in [4.78, 5) is 31.7. The van der Waals surface area contributed by atoms with Gasteiger partial charge in [-0.1, -0.05) is 24.3 Å². The van der Waals surface area contributed by atoms with Crippen LogP contribution in [-0.4, -0.2) is 67.5 Å². The summed E-state index contributed by atoms with van der Waals surface area (Å²) < 4.78 is 68.1. The third-order valence-electron chi connectivity index (χ3n) is 5.57. The number of rotatable bonds is 3. The molecule has 8 nitrogen and oxygen atoms in total. The van der Waals surface area contributed by atoms with Gasteiger partial charge in [-0.2, -0.15) is 13.2 Å². The summed E-state index contributed by atoms with van der Waals surface area (Å²) in [7, 11) is 0. The molecule has 0 saturated carbocycles. The molecule has 4 aromatic rings. The Morgan fingerprint density at radius 2 is 1.76 bits per heavy atom. The van der Waals surface area contributed by atoms with E-state index in [0.717, 1.165) is 10.9 Å². The van der Waals surface area contributed by atoms with Crippen molar-refractivity contribution >= 4 is 28.3 Å². The first-order valence-electron chi connectivity index (χ1n) is 10.9.